The summed E-state index contributed by atoms with van der Waals surface area (Å²) < 4.78 is 0. The molecule has 4 saturated carbocycles. The van der Waals surface area contributed by atoms with Crippen LogP contribution in [0.2, 0.25) is 0 Å². The van der Waals surface area contributed by atoms with Crippen LogP contribution in [0.25, 0.3) is 0 Å². The molecule has 0 amide bonds. The van der Waals surface area contributed by atoms with Gasteiger partial charge in [-0.15, -0.1) is 17.0 Å². The van der Waals surface area contributed by atoms with E-state index >= 15 is 0 Å². The van der Waals surface area contributed by atoms with Crippen molar-refractivity contribution < 1.29 is 0 Å². The molecule has 0 radical (unpaired) electrons. The molecular formula is C15H20BrN. The highest BCUT2D eigenvalue weighted by Crippen LogP contribution is 2.59. The Morgan fingerprint density at radius 3 is 2.06 bits per heavy atom. The molecule has 5 rings (SSSR count). The number of hydrogen-bond acceptors (Lipinski definition) is 1. The number of aromatic nitrogens is 1. The van der Waals surface area contributed by atoms with E-state index < -0.39 is 0 Å². The van der Waals surface area contributed by atoms with Crippen molar-refractivity contribution in [1.29, 1.82) is 0 Å². The summed E-state index contributed by atoms with van der Waals surface area (Å²) in [5, 5.41) is 0. The van der Waals surface area contributed by atoms with Gasteiger partial charge in [0.2, 0.25) is 0 Å². The molecular weight excluding hydrogens is 274 g/mol. The Morgan fingerprint density at radius 1 is 0.882 bits per heavy atom. The third-order valence-electron chi connectivity index (χ3n) is 5.26. The minimum Gasteiger partial charge on any atom is -0.261 e. The van der Waals surface area contributed by atoms with Crippen molar-refractivity contribution >= 4 is 17.0 Å². The van der Waals surface area contributed by atoms with Crippen molar-refractivity contribution in [2.24, 2.45) is 23.7 Å². The molecule has 17 heavy (non-hydrogen) atoms. The van der Waals surface area contributed by atoms with E-state index in [0.717, 1.165) is 29.6 Å². The van der Waals surface area contributed by atoms with Crippen LogP contribution in [0, 0.1) is 23.7 Å². The highest BCUT2D eigenvalue weighted by Gasteiger charge is 2.48. The highest BCUT2D eigenvalue weighted by molar-refractivity contribution is 8.93. The molecule has 0 aromatic carbocycles. The lowest BCUT2D eigenvalue weighted by Crippen LogP contribution is -2.44. The van der Waals surface area contributed by atoms with Crippen molar-refractivity contribution in [2.75, 3.05) is 0 Å². The number of nitrogens with zero attached hydrogens (tertiary/aromatic N) is 1. The van der Waals surface area contributed by atoms with Gasteiger partial charge in [0, 0.05) is 17.8 Å². The van der Waals surface area contributed by atoms with E-state index in [0.29, 0.717) is 0 Å². The third-order valence-corrected chi connectivity index (χ3v) is 5.26. The van der Waals surface area contributed by atoms with Crippen molar-refractivity contribution in [1.82, 2.24) is 4.98 Å². The van der Waals surface area contributed by atoms with E-state index in [1.807, 2.05) is 12.3 Å². The van der Waals surface area contributed by atoms with Crippen LogP contribution >= 0.6 is 17.0 Å². The maximum absolute atomic E-state index is 4.62. The molecule has 4 aliphatic rings. The van der Waals surface area contributed by atoms with Crippen LogP contribution in [-0.2, 0) is 0 Å². The summed E-state index contributed by atoms with van der Waals surface area (Å²) in [6.45, 7) is 0. The first-order chi connectivity index (χ1) is 7.90. The van der Waals surface area contributed by atoms with Crippen LogP contribution in [-0.4, -0.2) is 4.98 Å². The summed E-state index contributed by atoms with van der Waals surface area (Å²) in [5.74, 6) is 4.87. The monoisotopic (exact) mass is 293 g/mol. The van der Waals surface area contributed by atoms with Gasteiger partial charge in [0.05, 0.1) is 0 Å². The molecule has 0 spiro atoms. The zero-order valence-corrected chi connectivity index (χ0v) is 11.8. The largest absolute Gasteiger partial charge is 0.261 e. The Hall–Kier alpha value is -0.370. The van der Waals surface area contributed by atoms with E-state index in [1.165, 1.54) is 31.4 Å². The van der Waals surface area contributed by atoms with Gasteiger partial charge in [-0.05, 0) is 67.9 Å². The summed E-state index contributed by atoms with van der Waals surface area (Å²) >= 11 is 0. The molecule has 1 aromatic heterocycles. The lowest BCUT2D eigenvalue weighted by atomic mass is 9.51. The summed E-state index contributed by atoms with van der Waals surface area (Å²) in [4.78, 5) is 4.62. The zero-order valence-electron chi connectivity index (χ0n) is 10.1. The number of hydrogen-bond donors (Lipinski definition) is 0. The average Bonchev–Trinajstić information content (AvgIpc) is 2.29. The molecule has 2 heteroatoms. The Morgan fingerprint density at radius 2 is 1.53 bits per heavy atom. The minimum absolute atomic E-state index is 0. The predicted octanol–water partition coefficient (Wildman–Crippen LogP) is 4.20. The van der Waals surface area contributed by atoms with Gasteiger partial charge >= 0.3 is 0 Å². The van der Waals surface area contributed by atoms with Crippen LogP contribution in [0.3, 0.4) is 0 Å². The lowest BCUT2D eigenvalue weighted by molar-refractivity contribution is -0.00414. The van der Waals surface area contributed by atoms with Gasteiger partial charge in [-0.3, -0.25) is 4.98 Å². The molecule has 0 unspecified atom stereocenters. The molecule has 0 atom stereocenters. The average molecular weight is 294 g/mol. The van der Waals surface area contributed by atoms with Crippen molar-refractivity contribution in [3.8, 4) is 0 Å². The van der Waals surface area contributed by atoms with Gasteiger partial charge < -0.3 is 0 Å². The Bertz CT molecular complexity index is 361. The molecule has 1 nitrogen and oxygen atoms in total. The Balaban J connectivity index is 0.000000902. The van der Waals surface area contributed by atoms with Crippen LogP contribution in [0.1, 0.15) is 43.7 Å². The number of pyridine rings is 1. The van der Waals surface area contributed by atoms with Crippen LogP contribution in [0.4, 0.5) is 0 Å². The summed E-state index contributed by atoms with van der Waals surface area (Å²) in [7, 11) is 0. The molecule has 0 N–H and O–H groups in total. The Labute approximate surface area is 114 Å². The van der Waals surface area contributed by atoms with E-state index in [9.17, 15) is 0 Å². The quantitative estimate of drug-likeness (QED) is 0.756. The second-order valence-corrected chi connectivity index (χ2v) is 6.21. The van der Waals surface area contributed by atoms with Gasteiger partial charge in [-0.1, -0.05) is 6.07 Å². The second kappa shape index (κ2) is 4.38. The maximum atomic E-state index is 4.62. The zero-order chi connectivity index (χ0) is 10.5. The third kappa shape index (κ3) is 1.85. The SMILES string of the molecule is Br.c1ccc(C2C3CC4CC(C3)CC2C4)nc1. The van der Waals surface area contributed by atoms with Gasteiger partial charge in [-0.2, -0.15) is 0 Å². The normalized spacial score (nSPS) is 42.2. The number of halogens is 1. The second-order valence-electron chi connectivity index (χ2n) is 6.21. The van der Waals surface area contributed by atoms with Crippen LogP contribution in [0.15, 0.2) is 24.4 Å². The van der Waals surface area contributed by atoms with Crippen molar-refractivity contribution in [2.45, 2.75) is 38.0 Å². The number of rotatable bonds is 1. The van der Waals surface area contributed by atoms with E-state index in [2.05, 4.69) is 17.1 Å². The predicted molar refractivity (Wildman–Crippen MR) is 74.3 cm³/mol. The minimum atomic E-state index is 0. The first-order valence-corrected chi connectivity index (χ1v) is 6.81. The summed E-state index contributed by atoms with van der Waals surface area (Å²) in [5.41, 5.74) is 1.39. The van der Waals surface area contributed by atoms with Crippen molar-refractivity contribution in [3.63, 3.8) is 0 Å². The molecule has 1 heterocycles. The molecule has 4 aliphatic carbocycles. The van der Waals surface area contributed by atoms with Gasteiger partial charge in [0.1, 0.15) is 0 Å². The van der Waals surface area contributed by atoms with Crippen LogP contribution in [0.5, 0.6) is 0 Å². The molecule has 1 aromatic rings. The molecule has 4 bridgehead atoms. The molecule has 0 aliphatic heterocycles. The fourth-order valence-corrected chi connectivity index (χ4v) is 4.98. The van der Waals surface area contributed by atoms with Crippen LogP contribution < -0.4 is 0 Å². The fraction of sp³-hybridized carbons (Fsp3) is 0.667. The highest BCUT2D eigenvalue weighted by atomic mass is 79.9. The standard InChI is InChI=1S/C15H19N.BrH/c1-2-4-16-14(3-1)15-12-6-10-5-11(8-12)9-13(15)7-10;/h1-4,10-13,15H,5-9H2;1H. The first kappa shape index (κ1) is 11.7. The topological polar surface area (TPSA) is 12.9 Å². The molecule has 92 valence electrons. The summed E-state index contributed by atoms with van der Waals surface area (Å²) in [6.07, 6.45) is 9.49. The smallest absolute Gasteiger partial charge is 0.0440 e. The fourth-order valence-electron chi connectivity index (χ4n) is 4.98. The van der Waals surface area contributed by atoms with E-state index in [1.54, 1.807) is 6.42 Å². The Kier molecular flexibility index (Phi) is 3.02. The summed E-state index contributed by atoms with van der Waals surface area (Å²) in [6, 6.07) is 6.46. The lowest BCUT2D eigenvalue weighted by Gasteiger charge is -2.54. The molecule has 4 fully saturated rings. The van der Waals surface area contributed by atoms with E-state index in [-0.39, 0.29) is 17.0 Å². The van der Waals surface area contributed by atoms with Gasteiger partial charge in [0.15, 0.2) is 0 Å². The first-order valence-electron chi connectivity index (χ1n) is 6.81. The van der Waals surface area contributed by atoms with E-state index in [4.69, 9.17) is 0 Å². The van der Waals surface area contributed by atoms with Gasteiger partial charge in [0.25, 0.3) is 0 Å². The maximum Gasteiger partial charge on any atom is 0.0440 e. The van der Waals surface area contributed by atoms with Crippen molar-refractivity contribution in [3.05, 3.63) is 30.1 Å². The van der Waals surface area contributed by atoms with Gasteiger partial charge in [-0.25, -0.2) is 0 Å². The molecule has 0 saturated heterocycles.